The Labute approximate surface area is 150 Å². The molecular weight excluding hydrogens is 356 g/mol. The zero-order valence-corrected chi connectivity index (χ0v) is 14.6. The molecule has 0 aliphatic carbocycles. The number of ether oxygens (including phenoxy) is 1. The van der Waals surface area contributed by atoms with Gasteiger partial charge in [0.05, 0.1) is 4.90 Å². The number of carbonyl (C=O) groups excluding carboxylic acids is 1. The minimum Gasteiger partial charge on any atom is -0.438 e. The first-order chi connectivity index (χ1) is 12.3. The van der Waals surface area contributed by atoms with Crippen molar-refractivity contribution in [2.75, 3.05) is 4.72 Å². The highest BCUT2D eigenvalue weighted by Crippen LogP contribution is 2.23. The van der Waals surface area contributed by atoms with Crippen LogP contribution in [-0.2, 0) is 10.0 Å². The highest BCUT2D eigenvalue weighted by molar-refractivity contribution is 7.92. The third kappa shape index (κ3) is 4.01. The number of aromatic nitrogens is 2. The van der Waals surface area contributed by atoms with E-state index in [1.807, 2.05) is 6.92 Å². The van der Waals surface area contributed by atoms with Gasteiger partial charge in [-0.05, 0) is 55.5 Å². The Bertz CT molecular complexity index is 1030. The molecular formula is C17H16N4O4S. The Balaban J connectivity index is 1.72. The van der Waals surface area contributed by atoms with Gasteiger partial charge in [0, 0.05) is 23.0 Å². The first-order valence-electron chi connectivity index (χ1n) is 7.56. The Morgan fingerprint density at radius 1 is 1.12 bits per heavy atom. The van der Waals surface area contributed by atoms with Gasteiger partial charge >= 0.3 is 0 Å². The summed E-state index contributed by atoms with van der Waals surface area (Å²) in [6, 6.07) is 13.5. The van der Waals surface area contributed by atoms with Crippen LogP contribution < -0.4 is 15.2 Å². The van der Waals surface area contributed by atoms with Crippen molar-refractivity contribution in [1.29, 1.82) is 0 Å². The number of hydrogen-bond acceptors (Lipinski definition) is 5. The first kappa shape index (κ1) is 17.5. The molecule has 3 rings (SSSR count). The molecule has 1 aromatic heterocycles. The van der Waals surface area contributed by atoms with Crippen molar-refractivity contribution >= 4 is 21.6 Å². The van der Waals surface area contributed by atoms with E-state index in [1.165, 1.54) is 24.3 Å². The number of sulfonamides is 1. The summed E-state index contributed by atoms with van der Waals surface area (Å²) >= 11 is 0. The molecule has 0 fully saturated rings. The second kappa shape index (κ2) is 6.89. The lowest BCUT2D eigenvalue weighted by Crippen LogP contribution is -2.14. The molecule has 0 saturated carbocycles. The monoisotopic (exact) mass is 372 g/mol. The fraction of sp³-hybridized carbons (Fsp3) is 0.0588. The van der Waals surface area contributed by atoms with Crippen LogP contribution in [-0.4, -0.2) is 24.5 Å². The number of H-pyrrole nitrogens is 1. The quantitative estimate of drug-likeness (QED) is 0.612. The number of nitrogens with one attached hydrogen (secondary N) is 2. The predicted octanol–water partition coefficient (Wildman–Crippen LogP) is 2.41. The van der Waals surface area contributed by atoms with E-state index in [9.17, 15) is 13.2 Å². The van der Waals surface area contributed by atoms with E-state index in [2.05, 4.69) is 14.9 Å². The number of nitrogens with zero attached hydrogens (tertiary/aromatic N) is 1. The summed E-state index contributed by atoms with van der Waals surface area (Å²) in [7, 11) is -3.78. The molecule has 0 atom stereocenters. The topological polar surface area (TPSA) is 127 Å². The lowest BCUT2D eigenvalue weighted by atomic mass is 10.2. The summed E-state index contributed by atoms with van der Waals surface area (Å²) in [5, 5.41) is 6.73. The van der Waals surface area contributed by atoms with E-state index < -0.39 is 15.9 Å². The largest absolute Gasteiger partial charge is 0.438 e. The second-order valence-electron chi connectivity index (χ2n) is 5.51. The number of anilines is 1. The van der Waals surface area contributed by atoms with E-state index in [0.717, 1.165) is 5.69 Å². The number of benzene rings is 2. The van der Waals surface area contributed by atoms with Crippen molar-refractivity contribution < 1.29 is 17.9 Å². The highest BCUT2D eigenvalue weighted by Gasteiger charge is 2.15. The highest BCUT2D eigenvalue weighted by atomic mass is 32.2. The minimum absolute atomic E-state index is 0.0230. The maximum absolute atomic E-state index is 12.4. The van der Waals surface area contributed by atoms with Gasteiger partial charge in [-0.15, -0.1) is 5.10 Å². The number of amides is 1. The van der Waals surface area contributed by atoms with Crippen LogP contribution in [0.1, 0.15) is 16.1 Å². The van der Waals surface area contributed by atoms with Gasteiger partial charge in [-0.3, -0.25) is 14.6 Å². The molecule has 0 radical (unpaired) electrons. The second-order valence-corrected chi connectivity index (χ2v) is 7.19. The van der Waals surface area contributed by atoms with Crippen LogP contribution in [0, 0.1) is 6.92 Å². The molecule has 134 valence electrons. The molecule has 0 aliphatic heterocycles. The van der Waals surface area contributed by atoms with Gasteiger partial charge in [0.1, 0.15) is 5.75 Å². The van der Waals surface area contributed by atoms with Crippen LogP contribution in [0.3, 0.4) is 0 Å². The van der Waals surface area contributed by atoms with E-state index in [0.29, 0.717) is 17.3 Å². The molecule has 0 bridgehead atoms. The summed E-state index contributed by atoms with van der Waals surface area (Å²) in [5.74, 6) is 0.320. The van der Waals surface area contributed by atoms with Crippen molar-refractivity contribution in [3.05, 3.63) is 65.9 Å². The summed E-state index contributed by atoms with van der Waals surface area (Å²) in [6.07, 6.45) is 0. The minimum atomic E-state index is -3.78. The van der Waals surface area contributed by atoms with Crippen molar-refractivity contribution in [2.45, 2.75) is 11.8 Å². The third-order valence-corrected chi connectivity index (χ3v) is 4.86. The molecule has 0 aliphatic rings. The molecule has 3 aromatic rings. The van der Waals surface area contributed by atoms with Crippen LogP contribution in [0.4, 0.5) is 5.69 Å². The summed E-state index contributed by atoms with van der Waals surface area (Å²) in [6.45, 7) is 1.85. The molecule has 0 unspecified atom stereocenters. The van der Waals surface area contributed by atoms with Gasteiger partial charge in [-0.2, -0.15) is 0 Å². The average molecular weight is 372 g/mol. The Morgan fingerprint density at radius 3 is 2.31 bits per heavy atom. The summed E-state index contributed by atoms with van der Waals surface area (Å²) in [5.41, 5.74) is 6.62. The lowest BCUT2D eigenvalue weighted by Gasteiger charge is -2.09. The van der Waals surface area contributed by atoms with Crippen molar-refractivity contribution in [3.8, 4) is 11.6 Å². The number of rotatable bonds is 6. The maximum Gasteiger partial charge on any atom is 0.261 e. The number of nitrogens with two attached hydrogens (primary N) is 1. The van der Waals surface area contributed by atoms with Crippen molar-refractivity contribution in [2.24, 2.45) is 5.73 Å². The third-order valence-electron chi connectivity index (χ3n) is 3.46. The number of carbonyl (C=O) groups is 1. The lowest BCUT2D eigenvalue weighted by molar-refractivity contribution is 0.1000. The van der Waals surface area contributed by atoms with Crippen LogP contribution in [0.25, 0.3) is 0 Å². The van der Waals surface area contributed by atoms with E-state index in [4.69, 9.17) is 10.5 Å². The normalized spacial score (nSPS) is 11.1. The molecule has 2 aromatic carbocycles. The summed E-state index contributed by atoms with van der Waals surface area (Å²) < 4.78 is 32.8. The van der Waals surface area contributed by atoms with Gasteiger partial charge in [0.15, 0.2) is 0 Å². The molecule has 0 saturated heterocycles. The number of hydrogen-bond donors (Lipinski definition) is 3. The number of aryl methyl sites for hydroxylation is 1. The van der Waals surface area contributed by atoms with Crippen LogP contribution in [0.15, 0.2) is 59.5 Å². The van der Waals surface area contributed by atoms with Gasteiger partial charge in [-0.25, -0.2) is 8.42 Å². The number of primary amides is 1. The zero-order valence-electron chi connectivity index (χ0n) is 13.8. The van der Waals surface area contributed by atoms with Crippen LogP contribution in [0.5, 0.6) is 11.6 Å². The average Bonchev–Trinajstić information content (AvgIpc) is 3.01. The van der Waals surface area contributed by atoms with E-state index >= 15 is 0 Å². The SMILES string of the molecule is Cc1cc(Oc2ccc(NS(=O)(=O)c3ccc(C(N)=O)cc3)cc2)n[nH]1. The Kier molecular flexibility index (Phi) is 4.63. The first-order valence-corrected chi connectivity index (χ1v) is 9.04. The van der Waals surface area contributed by atoms with E-state index in [-0.39, 0.29) is 10.5 Å². The van der Waals surface area contributed by atoms with Gasteiger partial charge in [-0.1, -0.05) is 0 Å². The van der Waals surface area contributed by atoms with Crippen LogP contribution >= 0.6 is 0 Å². The fourth-order valence-electron chi connectivity index (χ4n) is 2.17. The Morgan fingerprint density at radius 2 is 1.77 bits per heavy atom. The van der Waals surface area contributed by atoms with Gasteiger partial charge < -0.3 is 10.5 Å². The smallest absolute Gasteiger partial charge is 0.261 e. The fourth-order valence-corrected chi connectivity index (χ4v) is 3.23. The van der Waals surface area contributed by atoms with Crippen LogP contribution in [0.2, 0.25) is 0 Å². The zero-order chi connectivity index (χ0) is 18.7. The standard InChI is InChI=1S/C17H16N4O4S/c1-11-10-16(20-19-11)25-14-6-4-13(5-7-14)21-26(23,24)15-8-2-12(3-9-15)17(18)22/h2-10,21H,1H3,(H2,18,22)(H,19,20). The molecule has 0 spiro atoms. The van der Waals surface area contributed by atoms with Gasteiger partial charge in [0.25, 0.3) is 10.0 Å². The molecule has 4 N–H and O–H groups in total. The molecule has 1 heterocycles. The van der Waals surface area contributed by atoms with Crippen molar-refractivity contribution in [3.63, 3.8) is 0 Å². The molecule has 9 heteroatoms. The molecule has 8 nitrogen and oxygen atoms in total. The summed E-state index contributed by atoms with van der Waals surface area (Å²) in [4.78, 5) is 11.1. The van der Waals surface area contributed by atoms with E-state index in [1.54, 1.807) is 30.3 Å². The predicted molar refractivity (Wildman–Crippen MR) is 95.6 cm³/mol. The van der Waals surface area contributed by atoms with Crippen molar-refractivity contribution in [1.82, 2.24) is 10.2 Å². The maximum atomic E-state index is 12.4. The molecule has 1 amide bonds. The Hall–Kier alpha value is -3.33. The molecule has 26 heavy (non-hydrogen) atoms. The van der Waals surface area contributed by atoms with Gasteiger partial charge in [0.2, 0.25) is 11.8 Å². The number of aromatic amines is 1.